The van der Waals surface area contributed by atoms with Crippen molar-refractivity contribution < 1.29 is 13.2 Å². The van der Waals surface area contributed by atoms with Gasteiger partial charge in [0.2, 0.25) is 0 Å². The van der Waals surface area contributed by atoms with Crippen LogP contribution in [0, 0.1) is 17.5 Å². The molecule has 5 heteroatoms. The fourth-order valence-electron chi connectivity index (χ4n) is 1.57. The minimum absolute atomic E-state index is 0.326. The monoisotopic (exact) mass is 378 g/mol. The molecule has 94 valence electrons. The molecule has 18 heavy (non-hydrogen) atoms. The second-order valence-corrected chi connectivity index (χ2v) is 5.45. The zero-order valence-corrected chi connectivity index (χ0v) is 12.1. The van der Waals surface area contributed by atoms with Crippen molar-refractivity contribution in [2.75, 3.05) is 0 Å². The van der Waals surface area contributed by atoms with Crippen LogP contribution in [0.25, 0.3) is 0 Å². The van der Waals surface area contributed by atoms with Gasteiger partial charge in [0.05, 0.1) is 9.30 Å². The van der Waals surface area contributed by atoms with Gasteiger partial charge in [0.1, 0.15) is 5.82 Å². The van der Waals surface area contributed by atoms with Crippen LogP contribution in [-0.4, -0.2) is 0 Å². The molecule has 0 aliphatic heterocycles. The Labute approximate surface area is 119 Å². The Hall–Kier alpha value is -0.810. The molecule has 2 aromatic carbocycles. The van der Waals surface area contributed by atoms with Crippen LogP contribution in [0.5, 0.6) is 0 Å². The van der Waals surface area contributed by atoms with Gasteiger partial charge in [-0.05, 0) is 39.7 Å². The van der Waals surface area contributed by atoms with Gasteiger partial charge in [0, 0.05) is 5.56 Å². The third-order valence-electron chi connectivity index (χ3n) is 2.49. The maximum absolute atomic E-state index is 13.9. The maximum atomic E-state index is 13.9. The van der Waals surface area contributed by atoms with Crippen LogP contribution in [0.4, 0.5) is 13.2 Å². The normalized spacial score (nSPS) is 12.5. The Kier molecular flexibility index (Phi) is 4.12. The summed E-state index contributed by atoms with van der Waals surface area (Å²) in [4.78, 5) is -0.537. The van der Waals surface area contributed by atoms with Gasteiger partial charge in [-0.25, -0.2) is 13.2 Å². The molecule has 0 heterocycles. The molecular weight excluding hydrogens is 373 g/mol. The summed E-state index contributed by atoms with van der Waals surface area (Å²) in [6, 6.07) is 8.32. The molecule has 0 aliphatic rings. The van der Waals surface area contributed by atoms with Gasteiger partial charge >= 0.3 is 0 Å². The summed E-state index contributed by atoms with van der Waals surface area (Å²) in [5, 5.41) is 0. The molecule has 0 aliphatic carbocycles. The molecule has 0 fully saturated rings. The van der Waals surface area contributed by atoms with Crippen molar-refractivity contribution >= 4 is 31.9 Å². The van der Waals surface area contributed by atoms with E-state index in [-0.39, 0.29) is 0 Å². The van der Waals surface area contributed by atoms with E-state index in [2.05, 4.69) is 31.9 Å². The molecule has 2 aromatic rings. The predicted molar refractivity (Wildman–Crippen MR) is 71.2 cm³/mol. The summed E-state index contributed by atoms with van der Waals surface area (Å²) >= 11 is 6.37. The van der Waals surface area contributed by atoms with Crippen molar-refractivity contribution in [1.82, 2.24) is 0 Å². The van der Waals surface area contributed by atoms with Crippen LogP contribution in [0.1, 0.15) is 16.0 Å². The number of benzene rings is 2. The molecular formula is C13H7Br2F3. The summed E-state index contributed by atoms with van der Waals surface area (Å²) in [6.07, 6.45) is 0. The van der Waals surface area contributed by atoms with Crippen molar-refractivity contribution in [3.63, 3.8) is 0 Å². The van der Waals surface area contributed by atoms with E-state index >= 15 is 0 Å². The molecule has 0 aromatic heterocycles. The van der Waals surface area contributed by atoms with E-state index in [0.717, 1.165) is 12.1 Å². The third kappa shape index (κ3) is 2.62. The summed E-state index contributed by atoms with van der Waals surface area (Å²) in [7, 11) is 0. The summed E-state index contributed by atoms with van der Waals surface area (Å²) in [5.41, 5.74) is 0.807. The Morgan fingerprint density at radius 1 is 0.944 bits per heavy atom. The van der Waals surface area contributed by atoms with Gasteiger partial charge in [-0.15, -0.1) is 0 Å². The van der Waals surface area contributed by atoms with Gasteiger partial charge in [-0.1, -0.05) is 34.1 Å². The Bertz CT molecular complexity index is 584. The minimum Gasteiger partial charge on any atom is -0.205 e. The predicted octanol–water partition coefficient (Wildman–Crippen LogP) is 5.35. The van der Waals surface area contributed by atoms with Crippen molar-refractivity contribution in [2.24, 2.45) is 0 Å². The highest BCUT2D eigenvalue weighted by Gasteiger charge is 2.17. The molecule has 0 saturated heterocycles. The SMILES string of the molecule is Fc1ccc(C(Br)c2cccc(Br)c2F)cc1F. The molecule has 0 spiro atoms. The number of halogens is 5. The molecule has 0 radical (unpaired) electrons. The topological polar surface area (TPSA) is 0 Å². The number of hydrogen-bond donors (Lipinski definition) is 0. The van der Waals surface area contributed by atoms with Gasteiger partial charge in [-0.3, -0.25) is 0 Å². The van der Waals surface area contributed by atoms with Crippen molar-refractivity contribution in [2.45, 2.75) is 4.83 Å². The molecule has 0 bridgehead atoms. The lowest BCUT2D eigenvalue weighted by Gasteiger charge is -2.12. The van der Waals surface area contributed by atoms with Crippen molar-refractivity contribution in [1.29, 1.82) is 0 Å². The van der Waals surface area contributed by atoms with Crippen LogP contribution in [0.3, 0.4) is 0 Å². The maximum Gasteiger partial charge on any atom is 0.159 e. The van der Waals surface area contributed by atoms with E-state index in [1.54, 1.807) is 18.2 Å². The summed E-state index contributed by atoms with van der Waals surface area (Å²) in [6.45, 7) is 0. The van der Waals surface area contributed by atoms with E-state index in [9.17, 15) is 13.2 Å². The first-order chi connectivity index (χ1) is 8.50. The Morgan fingerprint density at radius 2 is 1.67 bits per heavy atom. The van der Waals surface area contributed by atoms with E-state index in [1.165, 1.54) is 6.07 Å². The van der Waals surface area contributed by atoms with Gasteiger partial charge in [-0.2, -0.15) is 0 Å². The van der Waals surface area contributed by atoms with Crippen LogP contribution in [0.15, 0.2) is 40.9 Å². The molecule has 0 nitrogen and oxygen atoms in total. The van der Waals surface area contributed by atoms with Crippen LogP contribution in [0.2, 0.25) is 0 Å². The quantitative estimate of drug-likeness (QED) is 0.617. The lowest BCUT2D eigenvalue weighted by molar-refractivity contribution is 0.507. The van der Waals surface area contributed by atoms with E-state index in [1.807, 2.05) is 0 Å². The van der Waals surface area contributed by atoms with Gasteiger partial charge < -0.3 is 0 Å². The summed E-state index contributed by atoms with van der Waals surface area (Å²) < 4.78 is 40.2. The smallest absolute Gasteiger partial charge is 0.159 e. The highest BCUT2D eigenvalue weighted by atomic mass is 79.9. The van der Waals surface area contributed by atoms with Gasteiger partial charge in [0.15, 0.2) is 11.6 Å². The highest BCUT2D eigenvalue weighted by molar-refractivity contribution is 9.10. The third-order valence-corrected chi connectivity index (χ3v) is 4.13. The molecule has 2 rings (SSSR count). The average Bonchev–Trinajstić information content (AvgIpc) is 2.35. The van der Waals surface area contributed by atoms with E-state index in [4.69, 9.17) is 0 Å². The van der Waals surface area contributed by atoms with Crippen molar-refractivity contribution in [3.8, 4) is 0 Å². The first-order valence-electron chi connectivity index (χ1n) is 5.03. The molecule has 0 amide bonds. The molecule has 0 N–H and O–H groups in total. The zero-order chi connectivity index (χ0) is 13.3. The van der Waals surface area contributed by atoms with Crippen LogP contribution >= 0.6 is 31.9 Å². The minimum atomic E-state index is -0.952. The molecule has 0 saturated carbocycles. The zero-order valence-electron chi connectivity index (χ0n) is 8.93. The first kappa shape index (κ1) is 13.6. The Balaban J connectivity index is 2.44. The highest BCUT2D eigenvalue weighted by Crippen LogP contribution is 2.35. The molecule has 1 atom stereocenters. The second kappa shape index (κ2) is 5.45. The first-order valence-corrected chi connectivity index (χ1v) is 6.74. The summed E-state index contributed by atoms with van der Waals surface area (Å²) in [5.74, 6) is -2.30. The lowest BCUT2D eigenvalue weighted by atomic mass is 10.0. The second-order valence-electron chi connectivity index (χ2n) is 3.68. The largest absolute Gasteiger partial charge is 0.205 e. The average molecular weight is 380 g/mol. The fourth-order valence-corrected chi connectivity index (χ4v) is 2.59. The fraction of sp³-hybridized carbons (Fsp3) is 0.0769. The van der Waals surface area contributed by atoms with Crippen molar-refractivity contribution in [3.05, 3.63) is 69.4 Å². The van der Waals surface area contributed by atoms with E-state index in [0.29, 0.717) is 15.6 Å². The van der Waals surface area contributed by atoms with E-state index < -0.39 is 22.3 Å². The van der Waals surface area contributed by atoms with Crippen LogP contribution < -0.4 is 0 Å². The van der Waals surface area contributed by atoms with Gasteiger partial charge in [0.25, 0.3) is 0 Å². The standard InChI is InChI=1S/C13H7Br2F3/c14-9-3-1-2-8(13(9)18)12(15)7-4-5-10(16)11(17)6-7/h1-6,12H. The number of hydrogen-bond acceptors (Lipinski definition) is 0. The molecule has 1 unspecified atom stereocenters. The Morgan fingerprint density at radius 3 is 2.33 bits per heavy atom. The lowest BCUT2D eigenvalue weighted by Crippen LogP contribution is -1.98. The van der Waals surface area contributed by atoms with Crippen LogP contribution in [-0.2, 0) is 0 Å². The number of alkyl halides is 1. The number of rotatable bonds is 2.